The van der Waals surface area contributed by atoms with Crippen LogP contribution in [0.4, 0.5) is 0 Å². The van der Waals surface area contributed by atoms with Crippen molar-refractivity contribution in [1.82, 2.24) is 15.3 Å². The Bertz CT molecular complexity index is 1010. The van der Waals surface area contributed by atoms with Crippen molar-refractivity contribution in [2.75, 3.05) is 6.54 Å². The van der Waals surface area contributed by atoms with Crippen LogP contribution in [0.25, 0.3) is 22.0 Å². The van der Waals surface area contributed by atoms with Gasteiger partial charge in [-0.15, -0.1) is 0 Å². The molecule has 2 aromatic carbocycles. The molecule has 2 heterocycles. The molecule has 0 saturated carbocycles. The number of aromatic nitrogens is 2. The molecule has 3 nitrogen and oxygen atoms in total. The third-order valence-electron chi connectivity index (χ3n) is 4.57. The molecule has 4 heteroatoms. The molecule has 0 bridgehead atoms. The van der Waals surface area contributed by atoms with Crippen molar-refractivity contribution in [2.45, 2.75) is 13.0 Å². The Hall–Kier alpha value is -2.62. The number of pyridine rings is 1. The van der Waals surface area contributed by atoms with Crippen molar-refractivity contribution < 1.29 is 0 Å². The average Bonchev–Trinajstić information content (AvgIpc) is 3.08. The summed E-state index contributed by atoms with van der Waals surface area (Å²) in [4.78, 5) is 7.38. The minimum atomic E-state index is 0.762. The van der Waals surface area contributed by atoms with Gasteiger partial charge in [0.2, 0.25) is 0 Å². The Morgan fingerprint density at radius 3 is 2.73 bits per heavy atom. The third kappa shape index (κ3) is 3.79. The predicted octanol–water partition coefficient (Wildman–Crippen LogP) is 5.22. The minimum absolute atomic E-state index is 0.762. The molecule has 0 aliphatic carbocycles. The summed E-state index contributed by atoms with van der Waals surface area (Å²) in [5.41, 5.74) is 6.11. The van der Waals surface area contributed by atoms with Crippen LogP contribution in [0.5, 0.6) is 0 Å². The standard InChI is InChI=1S/C22H20ClN3/c23-20-4-5-21-19(15-26-22(21)13-20)8-11-25-14-16-2-1-3-18(12-16)17-6-9-24-10-7-17/h1-7,9-10,12-13,15,25-26H,8,11,14H2. The van der Waals surface area contributed by atoms with Crippen molar-refractivity contribution >= 4 is 22.5 Å². The summed E-state index contributed by atoms with van der Waals surface area (Å²) in [5, 5.41) is 5.55. The van der Waals surface area contributed by atoms with E-state index in [1.807, 2.05) is 36.7 Å². The van der Waals surface area contributed by atoms with E-state index in [2.05, 4.69) is 51.8 Å². The summed E-state index contributed by atoms with van der Waals surface area (Å²) in [6.07, 6.45) is 6.71. The van der Waals surface area contributed by atoms with Crippen molar-refractivity contribution in [3.05, 3.63) is 89.3 Å². The first-order valence-corrected chi connectivity index (χ1v) is 9.13. The number of aromatic amines is 1. The Kier molecular flexibility index (Phi) is 5.00. The SMILES string of the molecule is Clc1ccc2c(CCNCc3cccc(-c4ccncc4)c3)c[nH]c2c1. The lowest BCUT2D eigenvalue weighted by atomic mass is 10.0. The third-order valence-corrected chi connectivity index (χ3v) is 4.81. The van der Waals surface area contributed by atoms with E-state index >= 15 is 0 Å². The van der Waals surface area contributed by atoms with Gasteiger partial charge >= 0.3 is 0 Å². The lowest BCUT2D eigenvalue weighted by Gasteiger charge is -2.07. The first-order chi connectivity index (χ1) is 12.8. The highest BCUT2D eigenvalue weighted by Crippen LogP contribution is 2.22. The molecule has 0 aliphatic heterocycles. The molecule has 26 heavy (non-hydrogen) atoms. The van der Waals surface area contributed by atoms with Gasteiger partial charge in [-0.05, 0) is 65.6 Å². The van der Waals surface area contributed by atoms with Crippen LogP contribution >= 0.6 is 11.6 Å². The van der Waals surface area contributed by atoms with Crippen molar-refractivity contribution in [2.24, 2.45) is 0 Å². The van der Waals surface area contributed by atoms with Crippen molar-refractivity contribution in [3.8, 4) is 11.1 Å². The first-order valence-electron chi connectivity index (χ1n) is 8.75. The van der Waals surface area contributed by atoms with E-state index < -0.39 is 0 Å². The lowest BCUT2D eigenvalue weighted by Crippen LogP contribution is -2.16. The van der Waals surface area contributed by atoms with Crippen LogP contribution in [0, 0.1) is 0 Å². The van der Waals surface area contributed by atoms with Gasteiger partial charge < -0.3 is 10.3 Å². The van der Waals surface area contributed by atoms with E-state index in [1.165, 1.54) is 27.6 Å². The van der Waals surface area contributed by atoms with Crippen LogP contribution in [-0.4, -0.2) is 16.5 Å². The molecule has 0 radical (unpaired) electrons. The van der Waals surface area contributed by atoms with Gasteiger partial charge in [0.05, 0.1) is 0 Å². The second-order valence-electron chi connectivity index (χ2n) is 6.37. The Labute approximate surface area is 158 Å². The molecule has 0 fully saturated rings. The van der Waals surface area contributed by atoms with E-state index in [0.717, 1.165) is 30.0 Å². The van der Waals surface area contributed by atoms with E-state index in [4.69, 9.17) is 11.6 Å². The number of nitrogens with one attached hydrogen (secondary N) is 2. The van der Waals surface area contributed by atoms with E-state index in [9.17, 15) is 0 Å². The van der Waals surface area contributed by atoms with Gasteiger partial charge in [0.1, 0.15) is 0 Å². The van der Waals surface area contributed by atoms with E-state index in [0.29, 0.717) is 0 Å². The zero-order valence-corrected chi connectivity index (χ0v) is 15.1. The quantitative estimate of drug-likeness (QED) is 0.462. The maximum atomic E-state index is 6.04. The summed E-state index contributed by atoms with van der Waals surface area (Å²) in [6.45, 7) is 1.78. The molecule has 0 unspecified atom stereocenters. The maximum Gasteiger partial charge on any atom is 0.0471 e. The number of nitrogens with zero attached hydrogens (tertiary/aromatic N) is 1. The fourth-order valence-corrected chi connectivity index (χ4v) is 3.40. The average molecular weight is 362 g/mol. The van der Waals surface area contributed by atoms with Crippen LogP contribution in [0.1, 0.15) is 11.1 Å². The predicted molar refractivity (Wildman–Crippen MR) is 108 cm³/mol. The Balaban J connectivity index is 1.36. The summed E-state index contributed by atoms with van der Waals surface area (Å²) >= 11 is 6.04. The largest absolute Gasteiger partial charge is 0.361 e. The van der Waals surface area contributed by atoms with Gasteiger partial charge in [0.15, 0.2) is 0 Å². The highest BCUT2D eigenvalue weighted by Gasteiger charge is 2.04. The number of halogens is 1. The molecule has 4 aromatic rings. The van der Waals surface area contributed by atoms with Gasteiger partial charge in [-0.25, -0.2) is 0 Å². The number of fused-ring (bicyclic) bond motifs is 1. The van der Waals surface area contributed by atoms with Crippen LogP contribution < -0.4 is 5.32 Å². The molecule has 2 N–H and O–H groups in total. The lowest BCUT2D eigenvalue weighted by molar-refractivity contribution is 0.688. The first kappa shape index (κ1) is 16.8. The zero-order chi connectivity index (χ0) is 17.8. The van der Waals surface area contributed by atoms with Crippen LogP contribution in [0.3, 0.4) is 0 Å². The number of hydrogen-bond acceptors (Lipinski definition) is 2. The molecule has 0 saturated heterocycles. The highest BCUT2D eigenvalue weighted by molar-refractivity contribution is 6.31. The molecule has 0 aliphatic rings. The number of rotatable bonds is 6. The van der Waals surface area contributed by atoms with Gasteiger partial charge in [-0.3, -0.25) is 4.98 Å². The van der Waals surface area contributed by atoms with Gasteiger partial charge in [-0.2, -0.15) is 0 Å². The second-order valence-corrected chi connectivity index (χ2v) is 6.80. The van der Waals surface area contributed by atoms with Gasteiger partial charge in [-0.1, -0.05) is 35.9 Å². The molecular weight excluding hydrogens is 342 g/mol. The molecule has 4 rings (SSSR count). The highest BCUT2D eigenvalue weighted by atomic mass is 35.5. The van der Waals surface area contributed by atoms with Crippen LogP contribution in [0.2, 0.25) is 5.02 Å². The minimum Gasteiger partial charge on any atom is -0.361 e. The number of benzene rings is 2. The number of H-pyrrole nitrogens is 1. The van der Waals surface area contributed by atoms with Gasteiger partial charge in [0.25, 0.3) is 0 Å². The normalized spacial score (nSPS) is 11.1. The summed E-state index contributed by atoms with van der Waals surface area (Å²) in [5.74, 6) is 0. The molecule has 0 atom stereocenters. The smallest absolute Gasteiger partial charge is 0.0471 e. The molecule has 2 aromatic heterocycles. The Morgan fingerprint density at radius 1 is 0.962 bits per heavy atom. The van der Waals surface area contributed by atoms with Crippen LogP contribution in [-0.2, 0) is 13.0 Å². The van der Waals surface area contributed by atoms with E-state index in [1.54, 1.807) is 0 Å². The topological polar surface area (TPSA) is 40.7 Å². The monoisotopic (exact) mass is 361 g/mol. The summed E-state index contributed by atoms with van der Waals surface area (Å²) in [7, 11) is 0. The summed E-state index contributed by atoms with van der Waals surface area (Å²) in [6, 6.07) is 18.7. The second kappa shape index (κ2) is 7.73. The van der Waals surface area contributed by atoms with Gasteiger partial charge in [0, 0.05) is 41.1 Å². The van der Waals surface area contributed by atoms with Crippen LogP contribution in [0.15, 0.2) is 73.2 Å². The number of hydrogen-bond donors (Lipinski definition) is 2. The van der Waals surface area contributed by atoms with Crippen molar-refractivity contribution in [3.63, 3.8) is 0 Å². The molecule has 0 spiro atoms. The zero-order valence-electron chi connectivity index (χ0n) is 14.4. The molecular formula is C22H20ClN3. The fraction of sp³-hybridized carbons (Fsp3) is 0.136. The maximum absolute atomic E-state index is 6.04. The van der Waals surface area contributed by atoms with Crippen molar-refractivity contribution in [1.29, 1.82) is 0 Å². The summed E-state index contributed by atoms with van der Waals surface area (Å²) < 4.78 is 0. The molecule has 0 amide bonds. The molecule has 130 valence electrons. The fourth-order valence-electron chi connectivity index (χ4n) is 3.23. The van der Waals surface area contributed by atoms with E-state index in [-0.39, 0.29) is 0 Å². The Morgan fingerprint density at radius 2 is 1.85 bits per heavy atom.